The Kier molecular flexibility index (Phi) is 4.44. The summed E-state index contributed by atoms with van der Waals surface area (Å²) < 4.78 is 18.3. The second-order valence-corrected chi connectivity index (χ2v) is 4.81. The molecule has 1 heterocycles. The van der Waals surface area contributed by atoms with Crippen LogP contribution in [0.2, 0.25) is 5.02 Å². The lowest BCUT2D eigenvalue weighted by molar-refractivity contribution is 0.0595. The molecule has 1 fully saturated rings. The number of benzene rings is 1. The summed E-state index contributed by atoms with van der Waals surface area (Å²) in [5.41, 5.74) is -0.0518. The summed E-state index contributed by atoms with van der Waals surface area (Å²) in [5.74, 6) is -1.02. The van der Waals surface area contributed by atoms with Crippen LogP contribution in [0.4, 0.5) is 9.18 Å². The number of halogens is 2. The molecular formula is C13H14ClFN2O3. The summed E-state index contributed by atoms with van der Waals surface area (Å²) in [6.45, 7) is 1.39. The number of carbonyl (C=O) groups is 2. The van der Waals surface area contributed by atoms with Gasteiger partial charge in [-0.2, -0.15) is 0 Å². The minimum Gasteiger partial charge on any atom is -0.453 e. The highest BCUT2D eigenvalue weighted by Gasteiger charge is 2.26. The first kappa shape index (κ1) is 14.6. The van der Waals surface area contributed by atoms with Crippen LogP contribution in [-0.4, -0.2) is 55.1 Å². The Morgan fingerprint density at radius 1 is 1.20 bits per heavy atom. The molecule has 20 heavy (non-hydrogen) atoms. The molecule has 2 rings (SSSR count). The van der Waals surface area contributed by atoms with E-state index in [0.29, 0.717) is 31.2 Å². The van der Waals surface area contributed by atoms with Crippen molar-refractivity contribution in [2.24, 2.45) is 0 Å². The van der Waals surface area contributed by atoms with E-state index in [1.807, 2.05) is 0 Å². The number of nitrogens with zero attached hydrogens (tertiary/aromatic N) is 2. The van der Waals surface area contributed by atoms with Crippen molar-refractivity contribution < 1.29 is 18.7 Å². The maximum atomic E-state index is 13.6. The highest BCUT2D eigenvalue weighted by atomic mass is 35.5. The minimum atomic E-state index is -0.602. The first-order valence-electron chi connectivity index (χ1n) is 6.10. The number of amides is 2. The van der Waals surface area contributed by atoms with Gasteiger partial charge in [-0.1, -0.05) is 11.6 Å². The molecule has 0 saturated carbocycles. The average Bonchev–Trinajstić information content (AvgIpc) is 2.48. The van der Waals surface area contributed by atoms with Gasteiger partial charge in [0.1, 0.15) is 5.82 Å². The molecule has 0 unspecified atom stereocenters. The van der Waals surface area contributed by atoms with E-state index >= 15 is 0 Å². The molecule has 0 radical (unpaired) electrons. The Balaban J connectivity index is 2.05. The second kappa shape index (κ2) is 6.09. The van der Waals surface area contributed by atoms with Crippen molar-refractivity contribution in [3.63, 3.8) is 0 Å². The first-order valence-corrected chi connectivity index (χ1v) is 6.48. The molecule has 1 saturated heterocycles. The summed E-state index contributed by atoms with van der Waals surface area (Å²) in [4.78, 5) is 26.5. The van der Waals surface area contributed by atoms with E-state index in [1.165, 1.54) is 35.1 Å². The molecule has 1 aliphatic heterocycles. The quantitative estimate of drug-likeness (QED) is 0.797. The molecule has 0 N–H and O–H groups in total. The topological polar surface area (TPSA) is 49.9 Å². The summed E-state index contributed by atoms with van der Waals surface area (Å²) in [6, 6.07) is 3.87. The Hall–Kier alpha value is -1.82. The van der Waals surface area contributed by atoms with E-state index in [4.69, 9.17) is 11.6 Å². The molecule has 0 aliphatic carbocycles. The van der Waals surface area contributed by atoms with Gasteiger partial charge < -0.3 is 14.5 Å². The summed E-state index contributed by atoms with van der Waals surface area (Å²) in [7, 11) is 1.31. The van der Waals surface area contributed by atoms with Crippen LogP contribution in [0.15, 0.2) is 18.2 Å². The van der Waals surface area contributed by atoms with E-state index in [-0.39, 0.29) is 5.56 Å². The minimum absolute atomic E-state index is 0.0518. The summed E-state index contributed by atoms with van der Waals surface area (Å²) in [6.07, 6.45) is -0.425. The van der Waals surface area contributed by atoms with Gasteiger partial charge in [-0.3, -0.25) is 4.79 Å². The van der Waals surface area contributed by atoms with Gasteiger partial charge in [0, 0.05) is 31.2 Å². The lowest BCUT2D eigenvalue weighted by Crippen LogP contribution is -2.50. The number of methoxy groups -OCH3 is 1. The Labute approximate surface area is 120 Å². The third kappa shape index (κ3) is 3.01. The van der Waals surface area contributed by atoms with Gasteiger partial charge >= 0.3 is 6.09 Å². The fourth-order valence-corrected chi connectivity index (χ4v) is 2.23. The van der Waals surface area contributed by atoms with Gasteiger partial charge in [0.2, 0.25) is 0 Å². The highest BCUT2D eigenvalue weighted by Crippen LogP contribution is 2.17. The molecule has 2 amide bonds. The van der Waals surface area contributed by atoms with Crippen molar-refractivity contribution in [2.75, 3.05) is 33.3 Å². The van der Waals surface area contributed by atoms with Crippen LogP contribution in [0.5, 0.6) is 0 Å². The first-order chi connectivity index (χ1) is 9.52. The van der Waals surface area contributed by atoms with E-state index in [2.05, 4.69) is 4.74 Å². The molecule has 0 spiro atoms. The van der Waals surface area contributed by atoms with Crippen molar-refractivity contribution >= 4 is 23.6 Å². The largest absolute Gasteiger partial charge is 0.453 e. The average molecular weight is 301 g/mol. The lowest BCUT2D eigenvalue weighted by Gasteiger charge is -2.33. The van der Waals surface area contributed by atoms with Gasteiger partial charge in [-0.25, -0.2) is 9.18 Å². The Morgan fingerprint density at radius 3 is 2.40 bits per heavy atom. The SMILES string of the molecule is COC(=O)N1CCN(C(=O)c2cc(Cl)ccc2F)CC1. The van der Waals surface area contributed by atoms with E-state index < -0.39 is 17.8 Å². The van der Waals surface area contributed by atoms with Crippen LogP contribution in [0.25, 0.3) is 0 Å². The van der Waals surface area contributed by atoms with Crippen LogP contribution in [0, 0.1) is 5.82 Å². The Bertz CT molecular complexity index is 530. The molecule has 1 aromatic rings. The zero-order valence-corrected chi connectivity index (χ0v) is 11.7. The van der Waals surface area contributed by atoms with Gasteiger partial charge in [0.05, 0.1) is 12.7 Å². The molecule has 7 heteroatoms. The van der Waals surface area contributed by atoms with E-state index in [9.17, 15) is 14.0 Å². The molecular weight excluding hydrogens is 287 g/mol. The van der Waals surface area contributed by atoms with Gasteiger partial charge in [-0.05, 0) is 18.2 Å². The molecule has 0 atom stereocenters. The van der Waals surface area contributed by atoms with Crippen LogP contribution in [-0.2, 0) is 4.74 Å². The number of ether oxygens (including phenoxy) is 1. The zero-order chi connectivity index (χ0) is 14.7. The summed E-state index contributed by atoms with van der Waals surface area (Å²) in [5, 5.41) is 0.308. The second-order valence-electron chi connectivity index (χ2n) is 4.37. The van der Waals surface area contributed by atoms with Crippen molar-refractivity contribution in [2.45, 2.75) is 0 Å². The van der Waals surface area contributed by atoms with Crippen molar-refractivity contribution in [3.05, 3.63) is 34.6 Å². The van der Waals surface area contributed by atoms with Gasteiger partial charge in [0.15, 0.2) is 0 Å². The number of piperazine rings is 1. The lowest BCUT2D eigenvalue weighted by atomic mass is 10.1. The van der Waals surface area contributed by atoms with E-state index in [0.717, 1.165) is 0 Å². The normalized spacial score (nSPS) is 15.2. The zero-order valence-electron chi connectivity index (χ0n) is 10.9. The standard InChI is InChI=1S/C13H14ClFN2O3/c1-20-13(19)17-6-4-16(5-7-17)12(18)10-8-9(14)2-3-11(10)15/h2-3,8H,4-7H2,1H3. The van der Waals surface area contributed by atoms with Crippen LogP contribution >= 0.6 is 11.6 Å². The van der Waals surface area contributed by atoms with Crippen LogP contribution in [0.3, 0.4) is 0 Å². The summed E-state index contributed by atoms with van der Waals surface area (Å²) >= 11 is 5.78. The monoisotopic (exact) mass is 300 g/mol. The van der Waals surface area contributed by atoms with Crippen molar-refractivity contribution in [1.82, 2.24) is 9.80 Å². The number of hydrogen-bond acceptors (Lipinski definition) is 3. The predicted octanol–water partition coefficient (Wildman–Crippen LogP) is 2.00. The maximum absolute atomic E-state index is 13.6. The fourth-order valence-electron chi connectivity index (χ4n) is 2.05. The predicted molar refractivity (Wildman–Crippen MR) is 71.3 cm³/mol. The third-order valence-electron chi connectivity index (χ3n) is 3.16. The smallest absolute Gasteiger partial charge is 0.409 e. The van der Waals surface area contributed by atoms with Crippen LogP contribution < -0.4 is 0 Å². The Morgan fingerprint density at radius 2 is 1.80 bits per heavy atom. The molecule has 108 valence electrons. The molecule has 0 bridgehead atoms. The fraction of sp³-hybridized carbons (Fsp3) is 0.385. The molecule has 1 aromatic carbocycles. The number of rotatable bonds is 1. The maximum Gasteiger partial charge on any atom is 0.409 e. The highest BCUT2D eigenvalue weighted by molar-refractivity contribution is 6.31. The third-order valence-corrected chi connectivity index (χ3v) is 3.39. The van der Waals surface area contributed by atoms with E-state index in [1.54, 1.807) is 0 Å². The number of hydrogen-bond donors (Lipinski definition) is 0. The van der Waals surface area contributed by atoms with Crippen LogP contribution in [0.1, 0.15) is 10.4 Å². The van der Waals surface area contributed by atoms with Crippen molar-refractivity contribution in [1.29, 1.82) is 0 Å². The molecule has 5 nitrogen and oxygen atoms in total. The number of carbonyl (C=O) groups excluding carboxylic acids is 2. The molecule has 1 aliphatic rings. The van der Waals surface area contributed by atoms with Gasteiger partial charge in [0.25, 0.3) is 5.91 Å². The molecule has 0 aromatic heterocycles. The van der Waals surface area contributed by atoms with Gasteiger partial charge in [-0.15, -0.1) is 0 Å². The van der Waals surface area contributed by atoms with Crippen molar-refractivity contribution in [3.8, 4) is 0 Å².